The summed E-state index contributed by atoms with van der Waals surface area (Å²) in [5, 5.41) is 0. The summed E-state index contributed by atoms with van der Waals surface area (Å²) in [5.74, 6) is -19.2. The molecule has 0 N–H and O–H groups in total. The number of rotatable bonds is 18. The third-order valence-corrected chi connectivity index (χ3v) is 13.1. The summed E-state index contributed by atoms with van der Waals surface area (Å²) in [6.07, 6.45) is -23.1. The molecular weight excluding hydrogens is 1100 g/mol. The van der Waals surface area contributed by atoms with Gasteiger partial charge in [-0.1, -0.05) is 94.1 Å². The maximum atomic E-state index is 16.8. The van der Waals surface area contributed by atoms with Crippen molar-refractivity contribution in [1.29, 1.82) is 0 Å². The molecule has 0 aliphatic carbocycles. The van der Waals surface area contributed by atoms with Crippen LogP contribution in [0.1, 0.15) is 92.8 Å². The Morgan fingerprint density at radius 2 is 0.709 bits per heavy atom. The molecule has 79 heavy (non-hydrogen) atoms. The highest BCUT2D eigenvalue weighted by molar-refractivity contribution is 5.61. The third kappa shape index (κ3) is 10.8. The highest BCUT2D eigenvalue weighted by Gasteiger charge is 2.73. The van der Waals surface area contributed by atoms with Gasteiger partial charge in [0.2, 0.25) is 28.2 Å². The molecule has 0 amide bonds. The van der Waals surface area contributed by atoms with E-state index in [1.165, 1.54) is 6.92 Å². The summed E-state index contributed by atoms with van der Waals surface area (Å²) in [5.41, 5.74) is -22.4. The predicted molar refractivity (Wildman–Crippen MR) is 252 cm³/mol. The molecule has 0 radical (unpaired) electrons. The van der Waals surface area contributed by atoms with Crippen LogP contribution >= 0.6 is 0 Å². The summed E-state index contributed by atoms with van der Waals surface area (Å²) >= 11 is 0. The van der Waals surface area contributed by atoms with Crippen LogP contribution in [0.2, 0.25) is 0 Å². The van der Waals surface area contributed by atoms with Crippen molar-refractivity contribution in [2.24, 2.45) is 0 Å². The van der Waals surface area contributed by atoms with E-state index < -0.39 is 162 Å². The van der Waals surface area contributed by atoms with Gasteiger partial charge in [0.05, 0.1) is 16.7 Å². The number of ether oxygens (including phenoxy) is 4. The van der Waals surface area contributed by atoms with E-state index in [0.29, 0.717) is 85.7 Å². The van der Waals surface area contributed by atoms with Crippen molar-refractivity contribution in [3.8, 4) is 34.5 Å². The Bertz CT molecular complexity index is 3140. The summed E-state index contributed by atoms with van der Waals surface area (Å²) in [4.78, 5) is 0. The second-order valence-corrected chi connectivity index (χ2v) is 18.6. The lowest BCUT2D eigenvalue weighted by atomic mass is 9.73. The zero-order valence-electron chi connectivity index (χ0n) is 41.7. The van der Waals surface area contributed by atoms with Crippen LogP contribution in [-0.2, 0) is 16.4 Å². The number of alkyl halides is 12. The first-order valence-electron chi connectivity index (χ1n) is 23.3. The first-order chi connectivity index (χ1) is 36.5. The smallest absolute Gasteiger partial charge is 0.411 e. The molecule has 0 saturated carbocycles. The van der Waals surface area contributed by atoms with Gasteiger partial charge in [-0.15, -0.1) is 0 Å². The van der Waals surface area contributed by atoms with Crippen LogP contribution in [0.5, 0.6) is 34.5 Å². The molecule has 0 spiro atoms. The van der Waals surface area contributed by atoms with Crippen LogP contribution in [0.3, 0.4) is 0 Å². The van der Waals surface area contributed by atoms with Gasteiger partial charge in [0.1, 0.15) is 34.2 Å². The number of hydrogen-bond donors (Lipinski definition) is 0. The Morgan fingerprint density at radius 1 is 0.392 bits per heavy atom. The minimum Gasteiger partial charge on any atom is -0.488 e. The van der Waals surface area contributed by atoms with Gasteiger partial charge in [0, 0.05) is 0 Å². The maximum Gasteiger partial charge on any atom is 0.411 e. The Morgan fingerprint density at radius 3 is 1.03 bits per heavy atom. The van der Waals surface area contributed by atoms with E-state index in [1.54, 1.807) is 13.8 Å². The van der Waals surface area contributed by atoms with Gasteiger partial charge in [-0.3, -0.25) is 0 Å². The molecule has 0 aliphatic rings. The van der Waals surface area contributed by atoms with Crippen LogP contribution in [0.15, 0.2) is 110 Å². The molecule has 0 heterocycles. The zero-order chi connectivity index (χ0) is 59.2. The Hall–Kier alpha value is -7.33. The molecule has 0 bridgehead atoms. The van der Waals surface area contributed by atoms with E-state index in [-0.39, 0.29) is 30.0 Å². The van der Waals surface area contributed by atoms with Gasteiger partial charge in [-0.05, 0) is 104 Å². The average molecular weight is 1140 g/mol. The molecular formula is C56H43F19O4. The maximum absolute atomic E-state index is 16.8. The van der Waals surface area contributed by atoms with Crippen LogP contribution in [0.25, 0.3) is 12.2 Å². The first-order valence-corrected chi connectivity index (χ1v) is 23.3. The van der Waals surface area contributed by atoms with Crippen molar-refractivity contribution in [2.45, 2.75) is 101 Å². The molecule has 1 unspecified atom stereocenters. The van der Waals surface area contributed by atoms with Crippen molar-refractivity contribution in [1.82, 2.24) is 0 Å². The predicted octanol–water partition coefficient (Wildman–Crippen LogP) is 19.0. The van der Waals surface area contributed by atoms with E-state index >= 15 is 65.9 Å². The molecule has 0 aromatic heterocycles. The van der Waals surface area contributed by atoms with E-state index in [1.807, 2.05) is 6.92 Å². The molecule has 23 heteroatoms. The van der Waals surface area contributed by atoms with Crippen LogP contribution in [-0.4, -0.2) is 30.3 Å². The zero-order valence-corrected chi connectivity index (χ0v) is 41.7. The summed E-state index contributed by atoms with van der Waals surface area (Å²) in [6.45, 7) is 13.6. The Labute approximate surface area is 438 Å². The van der Waals surface area contributed by atoms with Crippen LogP contribution in [0, 0.1) is 40.7 Å². The number of hydrogen-bond acceptors (Lipinski definition) is 4. The summed E-state index contributed by atoms with van der Waals surface area (Å²) < 4.78 is 309. The molecule has 0 aliphatic heterocycles. The SMILES string of the molecule is C=Cc1c(F)c(F)c(Oc2ccc(C(c3ccc(OC(C)(CC)c4c(F)c(F)c(C=C)c(Oc5ccc(C(c6ccc(OC(C)(C)CCC)cc6)(C(F)(F)F)C(F)(F)F)cc5)c4F)cc3)(C(F)(F)F)C(F)(F)F)cc2)c(F)c1F. The van der Waals surface area contributed by atoms with Crippen molar-refractivity contribution >= 4 is 12.2 Å². The monoisotopic (exact) mass is 1140 g/mol. The number of halogens is 19. The second kappa shape index (κ2) is 21.7. The van der Waals surface area contributed by atoms with Gasteiger partial charge in [-0.2, -0.15) is 61.5 Å². The molecule has 424 valence electrons. The average Bonchev–Trinajstić information content (AvgIpc) is 3.56. The summed E-state index contributed by atoms with van der Waals surface area (Å²) in [6, 6.07) is 7.62. The van der Waals surface area contributed by atoms with E-state index in [0.717, 1.165) is 19.1 Å². The van der Waals surface area contributed by atoms with E-state index in [2.05, 4.69) is 13.2 Å². The van der Waals surface area contributed by atoms with Gasteiger partial charge in [0.15, 0.2) is 34.8 Å². The second-order valence-electron chi connectivity index (χ2n) is 18.6. The van der Waals surface area contributed by atoms with Crippen molar-refractivity contribution in [2.75, 3.05) is 0 Å². The largest absolute Gasteiger partial charge is 0.488 e. The van der Waals surface area contributed by atoms with E-state index in [9.17, 15) is 17.6 Å². The molecule has 0 fully saturated rings. The molecule has 6 aromatic carbocycles. The van der Waals surface area contributed by atoms with Crippen LogP contribution < -0.4 is 18.9 Å². The lowest BCUT2D eigenvalue weighted by Crippen LogP contribution is -2.54. The van der Waals surface area contributed by atoms with E-state index in [4.69, 9.17) is 18.9 Å². The topological polar surface area (TPSA) is 36.9 Å². The lowest BCUT2D eigenvalue weighted by molar-refractivity contribution is -0.290. The van der Waals surface area contributed by atoms with Gasteiger partial charge in [-0.25, -0.2) is 22.0 Å². The Balaban J connectivity index is 1.36. The minimum absolute atomic E-state index is 0.0313. The number of benzene rings is 6. The van der Waals surface area contributed by atoms with Gasteiger partial charge < -0.3 is 18.9 Å². The van der Waals surface area contributed by atoms with Crippen molar-refractivity contribution in [3.63, 3.8) is 0 Å². The van der Waals surface area contributed by atoms with Crippen molar-refractivity contribution in [3.05, 3.63) is 190 Å². The molecule has 4 nitrogen and oxygen atoms in total. The standard InChI is InChI=1S/C56H43F19O4/c1-8-28-49(5,6)78-35-24-16-31(17-25-35)51(53(64,65)66,54(67,68)69)29-12-20-33(21-13-29)76-47-38(10-3)42(59)43(60)39(44(47)61)50(7,11-4)79-36-26-18-32(19-27-36)52(55(70,71)72,56(73,74)75)30-14-22-34(23-15-30)77-48-45(62)40(57)37(9-2)41(58)46(48)63/h9-10,12-27H,2-3,8,11,28H2,1,4-7H3. The highest BCUT2D eigenvalue weighted by Crippen LogP contribution is 2.58. The highest BCUT2D eigenvalue weighted by atomic mass is 19.4. The van der Waals surface area contributed by atoms with Gasteiger partial charge >= 0.3 is 24.7 Å². The fourth-order valence-corrected chi connectivity index (χ4v) is 9.12. The molecule has 1 atom stereocenters. The van der Waals surface area contributed by atoms with Crippen molar-refractivity contribution < 1.29 is 102 Å². The fourth-order valence-electron chi connectivity index (χ4n) is 9.12. The third-order valence-electron chi connectivity index (χ3n) is 13.1. The molecule has 6 rings (SSSR count). The summed E-state index contributed by atoms with van der Waals surface area (Å²) in [7, 11) is 0. The quantitative estimate of drug-likeness (QED) is 0.0635. The van der Waals surface area contributed by atoms with Crippen LogP contribution in [0.4, 0.5) is 83.4 Å². The minimum atomic E-state index is -6.26. The Kier molecular flexibility index (Phi) is 16.7. The molecule has 6 aromatic rings. The molecule has 0 saturated heterocycles. The normalized spacial score (nSPS) is 13.7. The fraction of sp³-hybridized carbons (Fsp3) is 0.286. The first kappa shape index (κ1) is 60.9. The lowest BCUT2D eigenvalue weighted by Gasteiger charge is -2.38. The van der Waals surface area contributed by atoms with Gasteiger partial charge in [0.25, 0.3) is 0 Å².